The number of fused-ring (bicyclic) bond motifs is 1. The van der Waals surface area contributed by atoms with Crippen molar-refractivity contribution in [3.63, 3.8) is 0 Å². The van der Waals surface area contributed by atoms with E-state index in [1.807, 2.05) is 18.2 Å². The van der Waals surface area contributed by atoms with Crippen molar-refractivity contribution in [2.24, 2.45) is 0 Å². The molecule has 4 heteroatoms. The van der Waals surface area contributed by atoms with Crippen LogP contribution in [0.5, 0.6) is 0 Å². The molecule has 1 aromatic carbocycles. The molecule has 0 radical (unpaired) electrons. The number of aromatic nitrogens is 2. The molecule has 1 N–H and O–H groups in total. The minimum absolute atomic E-state index is 0.161. The number of rotatable bonds is 2. The highest BCUT2D eigenvalue weighted by molar-refractivity contribution is 5.80. The van der Waals surface area contributed by atoms with Gasteiger partial charge in [0.05, 0.1) is 23.7 Å². The van der Waals surface area contributed by atoms with E-state index in [2.05, 4.69) is 5.10 Å². The van der Waals surface area contributed by atoms with Gasteiger partial charge in [0.2, 0.25) is 0 Å². The van der Waals surface area contributed by atoms with Crippen LogP contribution in [0.2, 0.25) is 0 Å². The monoisotopic (exact) mass is 218 g/mol. The van der Waals surface area contributed by atoms with E-state index in [-0.39, 0.29) is 11.6 Å². The highest BCUT2D eigenvalue weighted by atomic mass is 16.3. The summed E-state index contributed by atoms with van der Waals surface area (Å²) in [6, 6.07) is 6.98. The predicted molar refractivity (Wildman–Crippen MR) is 62.4 cm³/mol. The van der Waals surface area contributed by atoms with Gasteiger partial charge in [0, 0.05) is 5.39 Å². The van der Waals surface area contributed by atoms with Gasteiger partial charge in [-0.1, -0.05) is 18.2 Å². The molecule has 1 heterocycles. The normalized spacial score (nSPS) is 14.9. The molecule has 0 aliphatic carbocycles. The molecule has 1 aromatic heterocycles. The first-order valence-electron chi connectivity index (χ1n) is 5.26. The molecule has 0 aliphatic heterocycles. The van der Waals surface area contributed by atoms with Crippen LogP contribution in [0.25, 0.3) is 10.8 Å². The zero-order valence-corrected chi connectivity index (χ0v) is 9.29. The van der Waals surface area contributed by atoms with Gasteiger partial charge in [-0.2, -0.15) is 5.10 Å². The molecule has 4 nitrogen and oxygen atoms in total. The zero-order chi connectivity index (χ0) is 11.7. The molecule has 2 unspecified atom stereocenters. The largest absolute Gasteiger partial charge is 0.391 e. The van der Waals surface area contributed by atoms with Gasteiger partial charge in [-0.15, -0.1) is 0 Å². The Bertz CT molecular complexity index is 560. The van der Waals surface area contributed by atoms with E-state index in [0.717, 1.165) is 5.39 Å². The number of nitrogens with zero attached hydrogens (tertiary/aromatic N) is 2. The Morgan fingerprint density at radius 3 is 2.69 bits per heavy atom. The maximum absolute atomic E-state index is 12.1. The predicted octanol–water partition coefficient (Wildman–Crippen LogP) is 1.34. The fourth-order valence-corrected chi connectivity index (χ4v) is 1.60. The van der Waals surface area contributed by atoms with Crippen LogP contribution < -0.4 is 5.56 Å². The lowest BCUT2D eigenvalue weighted by molar-refractivity contribution is 0.130. The van der Waals surface area contributed by atoms with E-state index in [4.69, 9.17) is 0 Å². The lowest BCUT2D eigenvalue weighted by atomic mass is 10.2. The lowest BCUT2D eigenvalue weighted by Crippen LogP contribution is -2.31. The third kappa shape index (κ3) is 1.72. The van der Waals surface area contributed by atoms with Gasteiger partial charge in [-0.3, -0.25) is 4.79 Å². The highest BCUT2D eigenvalue weighted by Gasteiger charge is 2.14. The molecule has 0 aliphatic rings. The van der Waals surface area contributed by atoms with Crippen LogP contribution in [-0.4, -0.2) is 21.0 Å². The van der Waals surface area contributed by atoms with Crippen LogP contribution in [0.3, 0.4) is 0 Å². The van der Waals surface area contributed by atoms with Crippen molar-refractivity contribution in [3.8, 4) is 0 Å². The summed E-state index contributed by atoms with van der Waals surface area (Å²) in [5.41, 5.74) is -0.161. The van der Waals surface area contributed by atoms with Crippen molar-refractivity contribution < 1.29 is 5.11 Å². The first-order valence-corrected chi connectivity index (χ1v) is 5.26. The van der Waals surface area contributed by atoms with Crippen LogP contribution >= 0.6 is 0 Å². The Morgan fingerprint density at radius 2 is 2.00 bits per heavy atom. The molecular weight excluding hydrogens is 204 g/mol. The molecule has 0 bridgehead atoms. The van der Waals surface area contributed by atoms with Crippen molar-refractivity contribution >= 4 is 10.8 Å². The van der Waals surface area contributed by atoms with E-state index in [1.165, 1.54) is 4.68 Å². The lowest BCUT2D eigenvalue weighted by Gasteiger charge is -2.16. The summed E-state index contributed by atoms with van der Waals surface area (Å²) in [4.78, 5) is 12.1. The molecule has 0 amide bonds. The first kappa shape index (κ1) is 10.8. The van der Waals surface area contributed by atoms with E-state index >= 15 is 0 Å². The second kappa shape index (κ2) is 4.06. The van der Waals surface area contributed by atoms with Crippen LogP contribution in [-0.2, 0) is 0 Å². The summed E-state index contributed by atoms with van der Waals surface area (Å²) in [6.45, 7) is 3.42. The molecule has 0 saturated heterocycles. The minimum Gasteiger partial charge on any atom is -0.391 e. The van der Waals surface area contributed by atoms with Gasteiger partial charge in [-0.25, -0.2) is 4.68 Å². The summed E-state index contributed by atoms with van der Waals surface area (Å²) in [7, 11) is 0. The third-order valence-corrected chi connectivity index (χ3v) is 2.80. The Morgan fingerprint density at radius 1 is 1.31 bits per heavy atom. The van der Waals surface area contributed by atoms with Crippen LogP contribution in [0, 0.1) is 0 Å². The quantitative estimate of drug-likeness (QED) is 0.827. The number of aliphatic hydroxyl groups excluding tert-OH is 1. The minimum atomic E-state index is -0.605. The van der Waals surface area contributed by atoms with Crippen LogP contribution in [0.4, 0.5) is 0 Å². The standard InChI is InChI=1S/C12H14N2O2/c1-8(9(2)15)14-12(16)11-6-4-3-5-10(11)7-13-14/h3-9,15H,1-2H3. The van der Waals surface area contributed by atoms with Crippen LogP contribution in [0.1, 0.15) is 19.9 Å². The molecule has 16 heavy (non-hydrogen) atoms. The zero-order valence-electron chi connectivity index (χ0n) is 9.29. The van der Waals surface area contributed by atoms with Gasteiger partial charge >= 0.3 is 0 Å². The molecule has 2 aromatic rings. The fourth-order valence-electron chi connectivity index (χ4n) is 1.60. The number of benzene rings is 1. The topological polar surface area (TPSA) is 55.1 Å². The molecule has 2 rings (SSSR count). The van der Waals surface area contributed by atoms with Gasteiger partial charge in [0.15, 0.2) is 0 Å². The van der Waals surface area contributed by atoms with E-state index < -0.39 is 6.10 Å². The average Bonchev–Trinajstić information content (AvgIpc) is 2.29. The molecule has 2 atom stereocenters. The van der Waals surface area contributed by atoms with Crippen LogP contribution in [0.15, 0.2) is 35.3 Å². The van der Waals surface area contributed by atoms with E-state index in [1.54, 1.807) is 26.1 Å². The number of hydrogen-bond donors (Lipinski definition) is 1. The van der Waals surface area contributed by atoms with Gasteiger partial charge in [0.25, 0.3) is 5.56 Å². The van der Waals surface area contributed by atoms with Crippen molar-refractivity contribution in [1.82, 2.24) is 9.78 Å². The molecule has 84 valence electrons. The number of aliphatic hydroxyl groups is 1. The van der Waals surface area contributed by atoms with Crippen molar-refractivity contribution in [2.75, 3.05) is 0 Å². The molecule has 0 saturated carbocycles. The highest BCUT2D eigenvalue weighted by Crippen LogP contribution is 2.10. The third-order valence-electron chi connectivity index (χ3n) is 2.80. The molecule has 0 spiro atoms. The first-order chi connectivity index (χ1) is 7.61. The maximum Gasteiger partial charge on any atom is 0.274 e. The van der Waals surface area contributed by atoms with Crippen molar-refractivity contribution in [2.45, 2.75) is 26.0 Å². The Hall–Kier alpha value is -1.68. The van der Waals surface area contributed by atoms with E-state index in [0.29, 0.717) is 5.39 Å². The Balaban J connectivity index is 2.66. The maximum atomic E-state index is 12.1. The Kier molecular flexibility index (Phi) is 2.75. The molecule has 0 fully saturated rings. The SMILES string of the molecule is CC(O)C(C)n1ncc2ccccc2c1=O. The summed E-state index contributed by atoms with van der Waals surface area (Å²) < 4.78 is 1.33. The second-order valence-electron chi connectivity index (χ2n) is 3.96. The molecular formula is C12H14N2O2. The summed E-state index contributed by atoms with van der Waals surface area (Å²) >= 11 is 0. The second-order valence-corrected chi connectivity index (χ2v) is 3.96. The smallest absolute Gasteiger partial charge is 0.274 e. The Labute approximate surface area is 93.1 Å². The summed E-state index contributed by atoms with van der Waals surface area (Å²) in [6.07, 6.45) is 1.04. The van der Waals surface area contributed by atoms with Gasteiger partial charge in [-0.05, 0) is 19.9 Å². The van der Waals surface area contributed by atoms with Crippen molar-refractivity contribution in [1.29, 1.82) is 0 Å². The van der Waals surface area contributed by atoms with Crippen molar-refractivity contribution in [3.05, 3.63) is 40.8 Å². The van der Waals surface area contributed by atoms with Gasteiger partial charge < -0.3 is 5.11 Å². The number of hydrogen-bond acceptors (Lipinski definition) is 3. The summed E-state index contributed by atoms with van der Waals surface area (Å²) in [5.74, 6) is 0. The summed E-state index contributed by atoms with van der Waals surface area (Å²) in [5, 5.41) is 15.0. The van der Waals surface area contributed by atoms with Gasteiger partial charge in [0.1, 0.15) is 0 Å². The average molecular weight is 218 g/mol. The van der Waals surface area contributed by atoms with E-state index in [9.17, 15) is 9.90 Å². The fraction of sp³-hybridized carbons (Fsp3) is 0.333.